The van der Waals surface area contributed by atoms with Crippen LogP contribution in [-0.4, -0.2) is 22.8 Å². The van der Waals surface area contributed by atoms with Gasteiger partial charge in [-0.3, -0.25) is 0 Å². The van der Waals surface area contributed by atoms with Gasteiger partial charge in [0, 0.05) is 19.2 Å². The van der Waals surface area contributed by atoms with Crippen molar-refractivity contribution in [3.63, 3.8) is 0 Å². The lowest BCUT2D eigenvalue weighted by atomic mass is 10.2. The first-order chi connectivity index (χ1) is 7.61. The molecule has 0 radical (unpaired) electrons. The maximum absolute atomic E-state index is 6.15. The third-order valence-corrected chi connectivity index (χ3v) is 7.17. The highest BCUT2D eigenvalue weighted by Gasteiger charge is 2.38. The molecule has 0 saturated carbocycles. The molecule has 0 atom stereocenters. The second-order valence-corrected chi connectivity index (χ2v) is 7.59. The summed E-state index contributed by atoms with van der Waals surface area (Å²) < 4.78 is 11.4. The second-order valence-electron chi connectivity index (χ2n) is 3.82. The summed E-state index contributed by atoms with van der Waals surface area (Å²) in [6.45, 7) is 4.16. The fraction of sp³-hybridized carbons (Fsp3) is 0.500. The molecule has 0 aliphatic heterocycles. The lowest BCUT2D eigenvalue weighted by molar-refractivity contribution is 0.257. The van der Waals surface area contributed by atoms with Crippen LogP contribution >= 0.6 is 11.6 Å². The first-order valence-electron chi connectivity index (χ1n) is 5.47. The zero-order valence-electron chi connectivity index (χ0n) is 10.3. The Hall–Kier alpha value is -0.353. The summed E-state index contributed by atoms with van der Waals surface area (Å²) in [4.78, 5) is 0. The van der Waals surface area contributed by atoms with Crippen LogP contribution in [-0.2, 0) is 8.85 Å². The van der Waals surface area contributed by atoms with E-state index in [1.54, 1.807) is 14.2 Å². The molecule has 0 spiro atoms. The highest BCUT2D eigenvalue weighted by atomic mass is 35.5. The van der Waals surface area contributed by atoms with Crippen molar-refractivity contribution < 1.29 is 8.85 Å². The molecule has 16 heavy (non-hydrogen) atoms. The number of benzene rings is 1. The molecule has 0 fully saturated rings. The monoisotopic (exact) mass is 258 g/mol. The van der Waals surface area contributed by atoms with E-state index in [1.165, 1.54) is 0 Å². The Bertz CT molecular complexity index is 351. The number of hydrogen-bond donors (Lipinski definition) is 0. The Balaban J connectivity index is 3.25. The van der Waals surface area contributed by atoms with E-state index >= 15 is 0 Å². The van der Waals surface area contributed by atoms with Gasteiger partial charge in [-0.25, -0.2) is 0 Å². The van der Waals surface area contributed by atoms with Crippen LogP contribution < -0.4 is 5.19 Å². The zero-order valence-corrected chi connectivity index (χ0v) is 12.1. The van der Waals surface area contributed by atoms with Gasteiger partial charge in [-0.05, 0) is 29.8 Å². The largest absolute Gasteiger partial charge is 0.394 e. The second kappa shape index (κ2) is 5.82. The first kappa shape index (κ1) is 13.7. The summed E-state index contributed by atoms with van der Waals surface area (Å²) in [5.41, 5.74) is 1.08. The molecule has 90 valence electrons. The molecule has 0 aromatic heterocycles. The van der Waals surface area contributed by atoms with Crippen LogP contribution in [0.3, 0.4) is 0 Å². The molecular formula is C12H19ClO2Si. The van der Waals surface area contributed by atoms with Crippen LogP contribution in [0, 0.1) is 6.92 Å². The van der Waals surface area contributed by atoms with Gasteiger partial charge in [0.25, 0.3) is 0 Å². The SMILES string of the molecule is CCC[Si](OC)(OC)c1cccc(Cl)c1C. The van der Waals surface area contributed by atoms with E-state index in [0.717, 1.165) is 28.2 Å². The lowest BCUT2D eigenvalue weighted by Crippen LogP contribution is -2.53. The van der Waals surface area contributed by atoms with Crippen LogP contribution in [0.5, 0.6) is 0 Å². The van der Waals surface area contributed by atoms with Gasteiger partial charge in [-0.15, -0.1) is 0 Å². The van der Waals surface area contributed by atoms with Crippen LogP contribution in [0.15, 0.2) is 18.2 Å². The van der Waals surface area contributed by atoms with E-state index in [2.05, 4.69) is 13.0 Å². The molecule has 4 heteroatoms. The van der Waals surface area contributed by atoms with Gasteiger partial charge >= 0.3 is 8.56 Å². The van der Waals surface area contributed by atoms with E-state index in [-0.39, 0.29) is 0 Å². The van der Waals surface area contributed by atoms with Gasteiger partial charge in [0.1, 0.15) is 0 Å². The Kier molecular flexibility index (Phi) is 4.99. The highest BCUT2D eigenvalue weighted by molar-refractivity contribution is 6.81. The molecule has 1 rings (SSSR count). The van der Waals surface area contributed by atoms with Crippen molar-refractivity contribution in [1.82, 2.24) is 0 Å². The molecule has 0 bridgehead atoms. The minimum Gasteiger partial charge on any atom is -0.394 e. The Morgan fingerprint density at radius 1 is 1.25 bits per heavy atom. The smallest absolute Gasteiger partial charge is 0.372 e. The van der Waals surface area contributed by atoms with Gasteiger partial charge in [0.05, 0.1) is 0 Å². The Morgan fingerprint density at radius 3 is 2.38 bits per heavy atom. The molecule has 0 aliphatic rings. The Morgan fingerprint density at radius 2 is 1.88 bits per heavy atom. The molecule has 0 aliphatic carbocycles. The summed E-state index contributed by atoms with van der Waals surface area (Å²) in [5.74, 6) is 0. The standard InChI is InChI=1S/C12H19ClO2Si/c1-5-9-16(14-3,15-4)12-8-6-7-11(13)10(12)2/h6-8H,5,9H2,1-4H3. The van der Waals surface area contributed by atoms with Gasteiger partial charge in [0.15, 0.2) is 0 Å². The zero-order chi connectivity index (χ0) is 12.2. The average Bonchev–Trinajstić information content (AvgIpc) is 2.30. The minimum absolute atomic E-state index is 0.777. The van der Waals surface area contributed by atoms with Gasteiger partial charge in [-0.2, -0.15) is 0 Å². The molecular weight excluding hydrogens is 240 g/mol. The summed E-state index contributed by atoms with van der Waals surface area (Å²) in [5, 5.41) is 1.92. The van der Waals surface area contributed by atoms with Gasteiger partial charge in [-0.1, -0.05) is 37.1 Å². The van der Waals surface area contributed by atoms with Crippen molar-refractivity contribution >= 4 is 25.3 Å². The predicted molar refractivity (Wildman–Crippen MR) is 70.7 cm³/mol. The van der Waals surface area contributed by atoms with E-state index in [0.29, 0.717) is 0 Å². The molecule has 2 nitrogen and oxygen atoms in total. The fourth-order valence-corrected chi connectivity index (χ4v) is 5.24. The van der Waals surface area contributed by atoms with E-state index < -0.39 is 8.56 Å². The van der Waals surface area contributed by atoms with Gasteiger partial charge in [0.2, 0.25) is 0 Å². The van der Waals surface area contributed by atoms with Crippen molar-refractivity contribution in [2.75, 3.05) is 14.2 Å². The van der Waals surface area contributed by atoms with Crippen molar-refractivity contribution in [1.29, 1.82) is 0 Å². The topological polar surface area (TPSA) is 18.5 Å². The van der Waals surface area contributed by atoms with Crippen molar-refractivity contribution in [2.24, 2.45) is 0 Å². The first-order valence-corrected chi connectivity index (χ1v) is 7.87. The third-order valence-electron chi connectivity index (χ3n) is 2.92. The maximum atomic E-state index is 6.15. The van der Waals surface area contributed by atoms with E-state index in [9.17, 15) is 0 Å². The highest BCUT2D eigenvalue weighted by Crippen LogP contribution is 2.20. The summed E-state index contributed by atoms with van der Waals surface area (Å²) in [7, 11) is 1.18. The van der Waals surface area contributed by atoms with E-state index in [4.69, 9.17) is 20.5 Å². The molecule has 1 aromatic rings. The van der Waals surface area contributed by atoms with Crippen LogP contribution in [0.1, 0.15) is 18.9 Å². The predicted octanol–water partition coefficient (Wildman–Crippen LogP) is 3.00. The van der Waals surface area contributed by atoms with Crippen molar-refractivity contribution in [3.8, 4) is 0 Å². The number of hydrogen-bond acceptors (Lipinski definition) is 2. The summed E-state index contributed by atoms with van der Waals surface area (Å²) in [6, 6.07) is 6.87. The maximum Gasteiger partial charge on any atom is 0.372 e. The molecule has 0 amide bonds. The van der Waals surface area contributed by atoms with Gasteiger partial charge < -0.3 is 8.85 Å². The Labute approximate surface area is 104 Å². The number of halogens is 1. The van der Waals surface area contributed by atoms with Crippen molar-refractivity contribution in [2.45, 2.75) is 26.3 Å². The number of rotatable bonds is 5. The normalized spacial score (nSPS) is 11.8. The van der Waals surface area contributed by atoms with Crippen molar-refractivity contribution in [3.05, 3.63) is 28.8 Å². The summed E-state index contributed by atoms with van der Waals surface area (Å²) in [6.07, 6.45) is 1.04. The molecule has 0 saturated heterocycles. The van der Waals surface area contributed by atoms with Crippen LogP contribution in [0.25, 0.3) is 0 Å². The molecule has 0 N–H and O–H groups in total. The molecule has 1 aromatic carbocycles. The van der Waals surface area contributed by atoms with Crippen LogP contribution in [0.2, 0.25) is 11.1 Å². The fourth-order valence-electron chi connectivity index (χ4n) is 1.99. The minimum atomic E-state index is -2.28. The van der Waals surface area contributed by atoms with E-state index in [1.807, 2.05) is 19.1 Å². The summed E-state index contributed by atoms with van der Waals surface area (Å²) >= 11 is 6.15. The average molecular weight is 259 g/mol. The van der Waals surface area contributed by atoms with Crippen LogP contribution in [0.4, 0.5) is 0 Å². The lowest BCUT2D eigenvalue weighted by Gasteiger charge is -2.29. The molecule has 0 heterocycles. The third kappa shape index (κ3) is 2.48. The quantitative estimate of drug-likeness (QED) is 0.756. The molecule has 0 unspecified atom stereocenters.